The maximum Gasteiger partial charge on any atom is 0.407 e. The third kappa shape index (κ3) is 9.09. The summed E-state index contributed by atoms with van der Waals surface area (Å²) in [6, 6.07) is -1.30. The van der Waals surface area contributed by atoms with Crippen molar-refractivity contribution in [2.75, 3.05) is 32.8 Å². The van der Waals surface area contributed by atoms with Crippen molar-refractivity contribution < 1.29 is 29.1 Å². The van der Waals surface area contributed by atoms with E-state index in [4.69, 9.17) is 9.57 Å². The van der Waals surface area contributed by atoms with E-state index in [9.17, 15) is 19.5 Å². The highest BCUT2D eigenvalue weighted by Gasteiger charge is 2.27. The predicted octanol–water partition coefficient (Wildman–Crippen LogP) is -0.0539. The van der Waals surface area contributed by atoms with Gasteiger partial charge in [-0.25, -0.2) is 9.59 Å². The molecule has 2 rings (SSSR count). The van der Waals surface area contributed by atoms with Crippen molar-refractivity contribution in [3.63, 3.8) is 0 Å². The molecule has 0 radical (unpaired) electrons. The minimum atomic E-state index is -1.30. The van der Waals surface area contributed by atoms with E-state index in [1.807, 2.05) is 6.92 Å². The van der Waals surface area contributed by atoms with Gasteiger partial charge in [0.2, 0.25) is 0 Å². The summed E-state index contributed by atoms with van der Waals surface area (Å²) in [5.74, 6) is -0.952. The number of alkyl carbamates (subject to hydrolysis) is 1. The smallest absolute Gasteiger partial charge is 0.407 e. The standard InChI is InChI=1S/C19H32N6O6/c1-2-3-10-30-19(29)24-15(17(27)28)12-23-16(26)14-11-13(31-25-14)6-4-5-7-20-18-21-8-9-22-18/h13,15H,2-12H2,1H3,(H,23,26)(H,24,29)(H,27,28)(H2,20,21,22). The highest BCUT2D eigenvalue weighted by atomic mass is 16.6. The van der Waals surface area contributed by atoms with E-state index < -0.39 is 24.0 Å². The summed E-state index contributed by atoms with van der Waals surface area (Å²) in [5, 5.41) is 24.1. The number of unbranched alkanes of at least 4 members (excludes halogenated alkanes) is 2. The molecule has 2 aliphatic heterocycles. The maximum absolute atomic E-state index is 12.2. The summed E-state index contributed by atoms with van der Waals surface area (Å²) in [7, 11) is 0. The molecule has 0 bridgehead atoms. The van der Waals surface area contributed by atoms with Crippen molar-refractivity contribution in [3.8, 4) is 0 Å². The number of ether oxygens (including phenoxy) is 1. The number of carboxylic acids is 1. The number of amides is 2. The molecule has 0 saturated carbocycles. The monoisotopic (exact) mass is 440 g/mol. The van der Waals surface area contributed by atoms with Crippen molar-refractivity contribution in [1.29, 1.82) is 0 Å². The molecular weight excluding hydrogens is 408 g/mol. The molecular formula is C19H32N6O6. The number of aliphatic carboxylic acids is 1. The van der Waals surface area contributed by atoms with Gasteiger partial charge in [0.15, 0.2) is 5.96 Å². The summed E-state index contributed by atoms with van der Waals surface area (Å²) in [6.07, 6.45) is 3.48. The molecule has 174 valence electrons. The zero-order valence-corrected chi connectivity index (χ0v) is 17.8. The van der Waals surface area contributed by atoms with Gasteiger partial charge in [0, 0.05) is 26.1 Å². The lowest BCUT2D eigenvalue weighted by Gasteiger charge is -2.15. The minimum absolute atomic E-state index is 0.176. The summed E-state index contributed by atoms with van der Waals surface area (Å²) >= 11 is 0. The first-order valence-electron chi connectivity index (χ1n) is 10.7. The van der Waals surface area contributed by atoms with Gasteiger partial charge in [-0.3, -0.25) is 9.79 Å². The number of carbonyl (C=O) groups excluding carboxylic acids is 2. The SMILES string of the molecule is CCCCOC(=O)NC(CNC(=O)C1=NOC(CCCCNC2=NCCN2)C1)C(=O)O. The van der Waals surface area contributed by atoms with Crippen LogP contribution in [0.2, 0.25) is 0 Å². The molecule has 0 fully saturated rings. The average molecular weight is 441 g/mol. The molecule has 0 aromatic rings. The van der Waals surface area contributed by atoms with Gasteiger partial charge in [-0.1, -0.05) is 18.5 Å². The fraction of sp³-hybridized carbons (Fsp3) is 0.737. The van der Waals surface area contributed by atoms with Crippen LogP contribution >= 0.6 is 0 Å². The highest BCUT2D eigenvalue weighted by Crippen LogP contribution is 2.16. The number of carboxylic acid groups (broad SMARTS) is 1. The van der Waals surface area contributed by atoms with E-state index in [-0.39, 0.29) is 25.0 Å². The van der Waals surface area contributed by atoms with E-state index in [0.29, 0.717) is 12.8 Å². The Balaban J connectivity index is 1.61. The summed E-state index contributed by atoms with van der Waals surface area (Å²) in [4.78, 5) is 44.8. The van der Waals surface area contributed by atoms with Gasteiger partial charge < -0.3 is 35.9 Å². The molecule has 0 aromatic carbocycles. The van der Waals surface area contributed by atoms with Gasteiger partial charge in [0.25, 0.3) is 5.91 Å². The van der Waals surface area contributed by atoms with Crippen LogP contribution in [0, 0.1) is 0 Å². The Labute approximate surface area is 181 Å². The molecule has 2 aliphatic rings. The molecule has 2 amide bonds. The highest BCUT2D eigenvalue weighted by molar-refractivity contribution is 6.39. The normalized spacial score (nSPS) is 18.2. The van der Waals surface area contributed by atoms with Gasteiger partial charge >= 0.3 is 12.1 Å². The molecule has 31 heavy (non-hydrogen) atoms. The van der Waals surface area contributed by atoms with Crippen LogP contribution in [0.4, 0.5) is 4.79 Å². The predicted molar refractivity (Wildman–Crippen MR) is 113 cm³/mol. The Hall–Kier alpha value is -3.05. The van der Waals surface area contributed by atoms with Crippen molar-refractivity contribution in [2.24, 2.45) is 10.1 Å². The molecule has 2 heterocycles. The van der Waals surface area contributed by atoms with Crippen molar-refractivity contribution in [2.45, 2.75) is 57.6 Å². The second-order valence-electron chi connectivity index (χ2n) is 7.28. The van der Waals surface area contributed by atoms with Crippen LogP contribution in [0.5, 0.6) is 0 Å². The van der Waals surface area contributed by atoms with Gasteiger partial charge in [-0.2, -0.15) is 0 Å². The van der Waals surface area contributed by atoms with E-state index in [1.165, 1.54) is 0 Å². The molecule has 0 saturated heterocycles. The number of nitrogens with zero attached hydrogens (tertiary/aromatic N) is 2. The molecule has 0 aromatic heterocycles. The second-order valence-corrected chi connectivity index (χ2v) is 7.28. The molecule has 0 spiro atoms. The Kier molecular flexibility index (Phi) is 10.4. The van der Waals surface area contributed by atoms with Gasteiger partial charge in [0.05, 0.1) is 13.2 Å². The minimum Gasteiger partial charge on any atom is -0.480 e. The molecule has 0 aliphatic carbocycles. The Morgan fingerprint density at radius 1 is 1.32 bits per heavy atom. The maximum atomic E-state index is 12.2. The van der Waals surface area contributed by atoms with Crippen molar-refractivity contribution >= 4 is 29.6 Å². The summed E-state index contributed by atoms with van der Waals surface area (Å²) in [6.45, 7) is 4.33. The number of carbonyl (C=O) groups is 3. The number of aliphatic imine (C=N–C) groups is 1. The van der Waals surface area contributed by atoms with Crippen LogP contribution in [0.15, 0.2) is 10.1 Å². The van der Waals surface area contributed by atoms with Gasteiger partial charge in [0.1, 0.15) is 17.9 Å². The molecule has 2 unspecified atom stereocenters. The van der Waals surface area contributed by atoms with Crippen molar-refractivity contribution in [3.05, 3.63) is 0 Å². The molecule has 12 nitrogen and oxygen atoms in total. The van der Waals surface area contributed by atoms with E-state index in [1.54, 1.807) is 0 Å². The van der Waals surface area contributed by atoms with Crippen molar-refractivity contribution in [1.82, 2.24) is 21.3 Å². The van der Waals surface area contributed by atoms with E-state index in [2.05, 4.69) is 31.4 Å². The van der Waals surface area contributed by atoms with Crippen LogP contribution in [0.3, 0.4) is 0 Å². The van der Waals surface area contributed by atoms with Crippen LogP contribution in [-0.4, -0.2) is 79.7 Å². The van der Waals surface area contributed by atoms with Crippen LogP contribution < -0.4 is 21.3 Å². The Morgan fingerprint density at radius 2 is 2.16 bits per heavy atom. The number of hydrogen-bond donors (Lipinski definition) is 5. The number of rotatable bonds is 13. The lowest BCUT2D eigenvalue weighted by Crippen LogP contribution is -2.49. The summed E-state index contributed by atoms with van der Waals surface area (Å²) < 4.78 is 4.88. The zero-order valence-electron chi connectivity index (χ0n) is 17.8. The lowest BCUT2D eigenvalue weighted by atomic mass is 10.1. The fourth-order valence-corrected chi connectivity index (χ4v) is 2.93. The third-order valence-electron chi connectivity index (χ3n) is 4.70. The third-order valence-corrected chi connectivity index (χ3v) is 4.70. The van der Waals surface area contributed by atoms with Gasteiger partial charge in [-0.15, -0.1) is 0 Å². The van der Waals surface area contributed by atoms with E-state index in [0.717, 1.165) is 51.3 Å². The first-order chi connectivity index (χ1) is 15.0. The quantitative estimate of drug-likeness (QED) is 0.249. The zero-order chi connectivity index (χ0) is 22.5. The van der Waals surface area contributed by atoms with Crippen LogP contribution in [-0.2, 0) is 19.2 Å². The number of guanidine groups is 1. The van der Waals surface area contributed by atoms with Crippen LogP contribution in [0.25, 0.3) is 0 Å². The molecule has 2 atom stereocenters. The first-order valence-corrected chi connectivity index (χ1v) is 10.7. The van der Waals surface area contributed by atoms with Gasteiger partial charge in [-0.05, 0) is 25.7 Å². The number of hydrogen-bond acceptors (Lipinski definition) is 9. The van der Waals surface area contributed by atoms with E-state index >= 15 is 0 Å². The Bertz CT molecular complexity index is 683. The topological polar surface area (TPSA) is 163 Å². The number of oxime groups is 1. The Morgan fingerprint density at radius 3 is 2.87 bits per heavy atom. The lowest BCUT2D eigenvalue weighted by molar-refractivity contribution is -0.139. The largest absolute Gasteiger partial charge is 0.480 e. The molecule has 12 heteroatoms. The fourth-order valence-electron chi connectivity index (χ4n) is 2.93. The molecule has 5 N–H and O–H groups in total. The van der Waals surface area contributed by atoms with Crippen LogP contribution in [0.1, 0.15) is 45.4 Å². The first kappa shape index (κ1) is 24.2. The number of nitrogens with one attached hydrogen (secondary N) is 4. The summed E-state index contributed by atoms with van der Waals surface area (Å²) in [5.41, 5.74) is 0.210. The second kappa shape index (κ2) is 13.3. The average Bonchev–Trinajstić information content (AvgIpc) is 3.43.